The molecule has 9 saturated heterocycles. The maximum atomic E-state index is 12.2. The smallest absolute Gasteiger partial charge is 0.331 e. The van der Waals surface area contributed by atoms with Crippen LogP contribution in [0.2, 0.25) is 0 Å². The van der Waals surface area contributed by atoms with Gasteiger partial charge in [-0.1, -0.05) is 20.3 Å². The molecule has 468 valence electrons. The number of aliphatic carboxylic acids is 9. The Morgan fingerprint density at radius 1 is 0.469 bits per heavy atom. The number of β-amino-alcohol motifs (C(OH)–C–C–N with tert-alkyl or cyclic N) is 2. The van der Waals surface area contributed by atoms with Gasteiger partial charge < -0.3 is 88.1 Å². The molecule has 9 fully saturated rings. The largest absolute Gasteiger partial charge is 0.480 e. The number of halogens is 4. The number of nitrogens with one attached hydrogen (secondary N) is 9. The van der Waals surface area contributed by atoms with E-state index in [0.29, 0.717) is 31.7 Å². The summed E-state index contributed by atoms with van der Waals surface area (Å²) in [6, 6.07) is -4.43. The average Bonchev–Trinajstić information content (AvgIpc) is 4.27. The molecule has 20 N–H and O–H groups in total. The SMILES string of the molecule is CC1(C)CCN[C@@H]1C(=O)O.O=C(O)[C@@H]1CC(F)(F)CN1.O=C(O)[C@@H]1CCCCN1.O=C(O)[C@@H]1CSCN1.O=C(O)[C@@H]1C[C@@H](F)CN1.O=C(O)[C@@H]1C[C@@H](O)CN1.O=C(O)[C@@H]1C[C@H](F)CN1.O=C(O)[C@@H]1C[C@H](O)CN1.O=C(O)[C@H]1NCCS1. The highest BCUT2D eigenvalue weighted by Crippen LogP contribution is 2.29. The Balaban J connectivity index is 0.000000456. The van der Waals surface area contributed by atoms with E-state index in [1.165, 1.54) is 11.8 Å². The van der Waals surface area contributed by atoms with Gasteiger partial charge in [-0.3, -0.25) is 54.3 Å². The molecule has 9 aliphatic rings. The maximum absolute atomic E-state index is 12.2. The number of aliphatic hydroxyl groups is 2. The highest BCUT2D eigenvalue weighted by molar-refractivity contribution is 8.00. The molecule has 29 nitrogen and oxygen atoms in total. The first-order valence-electron chi connectivity index (χ1n) is 25.6. The van der Waals surface area contributed by atoms with Gasteiger partial charge in [-0.25, -0.2) is 22.4 Å². The fraction of sp³-hybridized carbons (Fsp3) is 0.804. The first-order chi connectivity index (χ1) is 37.8. The lowest BCUT2D eigenvalue weighted by molar-refractivity contribution is -0.142. The summed E-state index contributed by atoms with van der Waals surface area (Å²) in [6.45, 7) is 7.09. The fourth-order valence-electron chi connectivity index (χ4n) is 8.04. The minimum atomic E-state index is -2.84. The van der Waals surface area contributed by atoms with Gasteiger partial charge in [0.1, 0.15) is 60.7 Å². The Morgan fingerprint density at radius 2 is 0.926 bits per heavy atom. The van der Waals surface area contributed by atoms with Gasteiger partial charge in [-0.15, -0.1) is 23.5 Å². The van der Waals surface area contributed by atoms with Gasteiger partial charge in [0, 0.05) is 82.2 Å². The molecule has 9 aliphatic heterocycles. The summed E-state index contributed by atoms with van der Waals surface area (Å²) < 4.78 is 48.9. The summed E-state index contributed by atoms with van der Waals surface area (Å²) in [4.78, 5) is 91.8. The summed E-state index contributed by atoms with van der Waals surface area (Å²) in [7, 11) is 0. The zero-order valence-corrected chi connectivity index (χ0v) is 46.2. The van der Waals surface area contributed by atoms with E-state index in [4.69, 9.17) is 56.2 Å². The summed E-state index contributed by atoms with van der Waals surface area (Å²) in [6.07, 6.45) is 1.25. The molecule has 0 radical (unpaired) electrons. The highest BCUT2D eigenvalue weighted by Gasteiger charge is 2.42. The third-order valence-electron chi connectivity index (χ3n) is 12.7. The molecule has 0 spiro atoms. The lowest BCUT2D eigenvalue weighted by atomic mass is 9.85. The lowest BCUT2D eigenvalue weighted by Gasteiger charge is -2.21. The van der Waals surface area contributed by atoms with Crippen LogP contribution in [0.5, 0.6) is 0 Å². The van der Waals surface area contributed by atoms with Crippen molar-refractivity contribution in [2.45, 2.75) is 156 Å². The second-order valence-corrected chi connectivity index (χ2v) is 22.2. The fourth-order valence-corrected chi connectivity index (χ4v) is 9.83. The van der Waals surface area contributed by atoms with Crippen LogP contribution < -0.4 is 47.9 Å². The van der Waals surface area contributed by atoms with Crippen LogP contribution in [0.25, 0.3) is 0 Å². The lowest BCUT2D eigenvalue weighted by Crippen LogP contribution is -2.40. The minimum absolute atomic E-state index is 0.0775. The number of thioether (sulfide) groups is 2. The zero-order valence-electron chi connectivity index (χ0n) is 44.6. The number of aliphatic hydroxyl groups excluding tert-OH is 2. The number of rotatable bonds is 9. The van der Waals surface area contributed by atoms with Crippen LogP contribution in [-0.4, -0.2) is 264 Å². The molecule has 0 aromatic rings. The van der Waals surface area contributed by atoms with Crippen LogP contribution in [0.1, 0.15) is 71.6 Å². The van der Waals surface area contributed by atoms with Gasteiger partial charge in [-0.2, -0.15) is 0 Å². The van der Waals surface area contributed by atoms with Gasteiger partial charge >= 0.3 is 53.7 Å². The molecular weight excluding hydrogens is 1140 g/mol. The predicted octanol–water partition coefficient (Wildman–Crippen LogP) is -2.66. The van der Waals surface area contributed by atoms with Crippen molar-refractivity contribution in [2.24, 2.45) is 5.41 Å². The van der Waals surface area contributed by atoms with Crippen molar-refractivity contribution < 1.29 is 117 Å². The van der Waals surface area contributed by atoms with Gasteiger partial charge in [0.25, 0.3) is 5.92 Å². The minimum Gasteiger partial charge on any atom is -0.480 e. The van der Waals surface area contributed by atoms with Crippen LogP contribution in [0, 0.1) is 5.41 Å². The molecule has 0 aliphatic carbocycles. The first-order valence-corrected chi connectivity index (χ1v) is 27.8. The second kappa shape index (κ2) is 38.1. The topological polar surface area (TPSA) is 484 Å². The molecule has 0 unspecified atom stereocenters. The normalized spacial score (nSPS) is 31.6. The first kappa shape index (κ1) is 74.2. The Labute approximate surface area is 471 Å². The summed E-state index contributed by atoms with van der Waals surface area (Å²) in [5, 5.41) is 117. The maximum Gasteiger partial charge on any atom is 0.331 e. The van der Waals surface area contributed by atoms with Crippen LogP contribution in [0.15, 0.2) is 0 Å². The zero-order chi connectivity index (χ0) is 61.6. The van der Waals surface area contributed by atoms with E-state index >= 15 is 0 Å². The number of hydrogen-bond donors (Lipinski definition) is 20. The van der Waals surface area contributed by atoms with Gasteiger partial charge in [0.2, 0.25) is 0 Å². The number of hydrogen-bond acceptors (Lipinski definition) is 22. The van der Waals surface area contributed by atoms with Crippen molar-refractivity contribution in [1.82, 2.24) is 47.9 Å². The Morgan fingerprint density at radius 3 is 1.11 bits per heavy atom. The summed E-state index contributed by atoms with van der Waals surface area (Å²) in [5.74, 6) is -8.30. The van der Waals surface area contributed by atoms with Crippen LogP contribution in [0.3, 0.4) is 0 Å². The standard InChI is InChI=1S/C7H13NO2.C6H11NO2.C5H7F2NO2.2C5H8FNO2.2C5H9NO3.2C4H7NO2S/c1-7(2)3-4-8-5(7)6(9)10;8-6(9)5-3-1-2-4-7-5;6-5(7)1-3(4(9)10)8-2-5;2*6-3-1-4(5(8)9)7-2-3;2*7-3-1-4(5(8)9)6-2-3;6-4(7)3-1-8-2-5-3;6-4(7)3-5-1-2-8-3/h5,8H,3-4H2,1-2H3,(H,9,10);5,7H,1-4H2,(H,8,9);3,8H,1-2H2,(H,9,10);2*3-4,7H,1-2H2,(H,8,9);2*3-4,6-7H,1-2H2,(H,8,9);2*3,5H,1-2H2,(H,6,7)/t2*5-;3-;3-,4+;3-,4-;3-,4+;3-,4-;2*3-/m100101000/s1. The summed E-state index contributed by atoms with van der Waals surface area (Å²) >= 11 is 3.06. The molecule has 0 saturated carbocycles. The van der Waals surface area contributed by atoms with E-state index in [2.05, 4.69) is 47.9 Å². The monoisotopic (exact) mass is 1220 g/mol. The van der Waals surface area contributed by atoms with Crippen molar-refractivity contribution in [3.05, 3.63) is 0 Å². The molecule has 35 heteroatoms. The Hall–Kier alpha value is -4.79. The number of piperidine rings is 1. The van der Waals surface area contributed by atoms with Gasteiger partial charge in [0.15, 0.2) is 5.37 Å². The number of alkyl halides is 4. The molecular formula is C46H79F4N9O20S2. The number of carbonyl (C=O) groups is 9. The van der Waals surface area contributed by atoms with E-state index < -0.39 is 127 Å². The van der Waals surface area contributed by atoms with Crippen molar-refractivity contribution in [3.63, 3.8) is 0 Å². The number of carboxylic acids is 9. The van der Waals surface area contributed by atoms with E-state index in [1.54, 1.807) is 11.8 Å². The van der Waals surface area contributed by atoms with Crippen molar-refractivity contribution in [2.75, 3.05) is 69.7 Å². The number of carboxylic acid groups (broad SMARTS) is 9. The Kier molecular flexibility index (Phi) is 34.9. The molecule has 0 bridgehead atoms. The molecule has 81 heavy (non-hydrogen) atoms. The Bertz CT molecular complexity index is 1830. The average molecular weight is 1220 g/mol. The molecule has 9 rings (SSSR count). The predicted molar refractivity (Wildman–Crippen MR) is 282 cm³/mol. The second-order valence-electron chi connectivity index (χ2n) is 19.9. The van der Waals surface area contributed by atoms with E-state index in [9.17, 15) is 60.7 Å². The van der Waals surface area contributed by atoms with E-state index in [1.807, 2.05) is 13.8 Å². The van der Waals surface area contributed by atoms with Crippen LogP contribution >= 0.6 is 23.5 Å². The molecule has 13 atom stereocenters. The molecule has 9 heterocycles. The third kappa shape index (κ3) is 31.5. The highest BCUT2D eigenvalue weighted by atomic mass is 32.2. The molecule has 0 aromatic heterocycles. The van der Waals surface area contributed by atoms with E-state index in [-0.39, 0.29) is 54.8 Å². The van der Waals surface area contributed by atoms with E-state index in [0.717, 1.165) is 56.9 Å². The van der Waals surface area contributed by atoms with Crippen molar-refractivity contribution in [3.8, 4) is 0 Å². The van der Waals surface area contributed by atoms with Gasteiger partial charge in [0.05, 0.1) is 18.8 Å². The quantitative estimate of drug-likeness (QED) is 0.105. The van der Waals surface area contributed by atoms with Crippen molar-refractivity contribution in [1.29, 1.82) is 0 Å². The molecule has 0 aromatic carbocycles. The third-order valence-corrected chi connectivity index (χ3v) is 14.8. The summed E-state index contributed by atoms with van der Waals surface area (Å²) in [5.41, 5.74) is -0.0775. The van der Waals surface area contributed by atoms with Crippen molar-refractivity contribution >= 4 is 77.2 Å². The van der Waals surface area contributed by atoms with Crippen LogP contribution in [-0.2, 0) is 43.2 Å². The van der Waals surface area contributed by atoms with Crippen LogP contribution in [0.4, 0.5) is 17.6 Å². The van der Waals surface area contributed by atoms with Gasteiger partial charge in [-0.05, 0) is 37.8 Å². The molecule has 0 amide bonds.